The van der Waals surface area contributed by atoms with E-state index in [1.807, 2.05) is 19.9 Å². The Morgan fingerprint density at radius 3 is 2.71 bits per heavy atom. The topological polar surface area (TPSA) is 28.2 Å². The molecule has 0 aromatic carbocycles. The Hall–Kier alpha value is -1.23. The summed E-state index contributed by atoms with van der Waals surface area (Å²) in [5.41, 5.74) is 1.99. The van der Waals surface area contributed by atoms with E-state index in [0.717, 1.165) is 24.2 Å². The fourth-order valence-corrected chi connectivity index (χ4v) is 1.68. The fourth-order valence-electron chi connectivity index (χ4n) is 1.68. The van der Waals surface area contributed by atoms with Crippen molar-refractivity contribution < 1.29 is 8.78 Å². The molecule has 1 rings (SSSR count). The van der Waals surface area contributed by atoms with Crippen molar-refractivity contribution in [2.75, 3.05) is 25.0 Å². The molecule has 1 heterocycles. The number of aromatic nitrogens is 1. The zero-order valence-corrected chi connectivity index (χ0v) is 10.5. The van der Waals surface area contributed by atoms with Gasteiger partial charge in [-0.2, -0.15) is 0 Å². The van der Waals surface area contributed by atoms with E-state index in [2.05, 4.69) is 10.3 Å². The molecule has 17 heavy (non-hydrogen) atoms. The van der Waals surface area contributed by atoms with Crippen LogP contribution in [0.15, 0.2) is 12.3 Å². The van der Waals surface area contributed by atoms with Crippen LogP contribution in [0, 0.1) is 6.92 Å². The van der Waals surface area contributed by atoms with Gasteiger partial charge in [0.25, 0.3) is 6.43 Å². The summed E-state index contributed by atoms with van der Waals surface area (Å²) in [4.78, 5) is 5.72. The third kappa shape index (κ3) is 4.26. The molecule has 0 radical (unpaired) electrons. The van der Waals surface area contributed by atoms with Crippen LogP contribution in [0.2, 0.25) is 0 Å². The molecule has 0 saturated heterocycles. The van der Waals surface area contributed by atoms with Gasteiger partial charge in [-0.05, 0) is 30.7 Å². The second-order valence-electron chi connectivity index (χ2n) is 4.04. The summed E-state index contributed by atoms with van der Waals surface area (Å²) in [6.45, 7) is 5.28. The summed E-state index contributed by atoms with van der Waals surface area (Å²) < 4.78 is 24.5. The smallest absolute Gasteiger partial charge is 0.255 e. The Labute approximate surface area is 101 Å². The summed E-state index contributed by atoms with van der Waals surface area (Å²) >= 11 is 0. The van der Waals surface area contributed by atoms with Gasteiger partial charge in [-0.1, -0.05) is 6.92 Å². The van der Waals surface area contributed by atoms with E-state index in [4.69, 9.17) is 0 Å². The van der Waals surface area contributed by atoms with Gasteiger partial charge in [0, 0.05) is 19.8 Å². The van der Waals surface area contributed by atoms with E-state index in [9.17, 15) is 8.78 Å². The molecule has 0 aliphatic carbocycles. The molecule has 0 aliphatic heterocycles. The number of aryl methyl sites for hydroxylation is 1. The molecule has 0 spiro atoms. The van der Waals surface area contributed by atoms with Crippen molar-refractivity contribution >= 4 is 5.82 Å². The molecule has 0 amide bonds. The van der Waals surface area contributed by atoms with Gasteiger partial charge in [0.2, 0.25) is 0 Å². The Morgan fingerprint density at radius 2 is 2.18 bits per heavy atom. The van der Waals surface area contributed by atoms with Crippen LogP contribution in [0.25, 0.3) is 0 Å². The molecule has 0 unspecified atom stereocenters. The van der Waals surface area contributed by atoms with E-state index < -0.39 is 6.43 Å². The lowest BCUT2D eigenvalue weighted by atomic mass is 10.2. The van der Waals surface area contributed by atoms with E-state index in [-0.39, 0.29) is 6.54 Å². The van der Waals surface area contributed by atoms with Crippen molar-refractivity contribution in [3.8, 4) is 0 Å². The van der Waals surface area contributed by atoms with Gasteiger partial charge in [-0.3, -0.25) is 0 Å². The highest BCUT2D eigenvalue weighted by Gasteiger charge is 2.12. The molecule has 0 atom stereocenters. The molecule has 1 aromatic heterocycles. The Kier molecular flexibility index (Phi) is 5.28. The second kappa shape index (κ2) is 6.49. The number of nitrogens with zero attached hydrogens (tertiary/aromatic N) is 2. The van der Waals surface area contributed by atoms with Gasteiger partial charge in [0.05, 0.1) is 6.54 Å². The summed E-state index contributed by atoms with van der Waals surface area (Å²) in [5.74, 6) is 0.616. The van der Waals surface area contributed by atoms with Crippen molar-refractivity contribution in [1.82, 2.24) is 10.3 Å². The zero-order chi connectivity index (χ0) is 12.8. The molecule has 0 bridgehead atoms. The van der Waals surface area contributed by atoms with E-state index in [1.165, 1.54) is 4.90 Å². The molecular formula is C12H19F2N3. The standard InChI is InChI=1S/C12H19F2N3/c1-4-15-6-10-5-9(2)12(16-7-10)17(3)8-11(13)14/h5,7,11,15H,4,6,8H2,1-3H3. The predicted molar refractivity (Wildman–Crippen MR) is 65.6 cm³/mol. The van der Waals surface area contributed by atoms with Crippen LogP contribution in [0.1, 0.15) is 18.1 Å². The molecule has 1 aromatic rings. The maximum atomic E-state index is 12.3. The number of nitrogens with one attached hydrogen (secondary N) is 1. The summed E-state index contributed by atoms with van der Waals surface area (Å²) in [6, 6.07) is 1.98. The highest BCUT2D eigenvalue weighted by atomic mass is 19.3. The first-order valence-electron chi connectivity index (χ1n) is 5.70. The minimum absolute atomic E-state index is 0.291. The number of rotatable bonds is 6. The molecule has 0 aliphatic rings. The normalized spacial score (nSPS) is 10.9. The van der Waals surface area contributed by atoms with Gasteiger partial charge in [-0.15, -0.1) is 0 Å². The van der Waals surface area contributed by atoms with Crippen LogP contribution >= 0.6 is 0 Å². The van der Waals surface area contributed by atoms with Crippen molar-refractivity contribution in [2.24, 2.45) is 0 Å². The van der Waals surface area contributed by atoms with Crippen LogP contribution < -0.4 is 10.2 Å². The van der Waals surface area contributed by atoms with Gasteiger partial charge in [-0.25, -0.2) is 13.8 Å². The Balaban J connectivity index is 2.74. The lowest BCUT2D eigenvalue weighted by Gasteiger charge is -2.20. The first-order chi connectivity index (χ1) is 8.04. The largest absolute Gasteiger partial charge is 0.354 e. The van der Waals surface area contributed by atoms with Crippen LogP contribution in [0.4, 0.5) is 14.6 Å². The third-order valence-corrected chi connectivity index (χ3v) is 2.46. The van der Waals surface area contributed by atoms with Gasteiger partial charge < -0.3 is 10.2 Å². The molecule has 0 fully saturated rings. The van der Waals surface area contributed by atoms with Crippen LogP contribution in [-0.2, 0) is 6.54 Å². The van der Waals surface area contributed by atoms with Gasteiger partial charge in [0.1, 0.15) is 5.82 Å². The van der Waals surface area contributed by atoms with Gasteiger partial charge in [0.15, 0.2) is 0 Å². The number of hydrogen-bond acceptors (Lipinski definition) is 3. The number of pyridine rings is 1. The Morgan fingerprint density at radius 1 is 1.47 bits per heavy atom. The van der Waals surface area contributed by atoms with Crippen molar-refractivity contribution in [3.63, 3.8) is 0 Å². The molecule has 5 heteroatoms. The van der Waals surface area contributed by atoms with Crippen LogP contribution in [0.3, 0.4) is 0 Å². The van der Waals surface area contributed by atoms with Crippen molar-refractivity contribution in [1.29, 1.82) is 0 Å². The molecule has 3 nitrogen and oxygen atoms in total. The second-order valence-corrected chi connectivity index (χ2v) is 4.04. The van der Waals surface area contributed by atoms with Crippen molar-refractivity contribution in [2.45, 2.75) is 26.8 Å². The Bertz CT molecular complexity index is 356. The maximum absolute atomic E-state index is 12.3. The minimum atomic E-state index is -2.34. The number of alkyl halides is 2. The first kappa shape index (κ1) is 13.8. The van der Waals surface area contributed by atoms with Crippen LogP contribution in [-0.4, -0.2) is 31.5 Å². The zero-order valence-electron chi connectivity index (χ0n) is 10.5. The molecule has 1 N–H and O–H groups in total. The minimum Gasteiger partial charge on any atom is -0.354 e. The fraction of sp³-hybridized carbons (Fsp3) is 0.583. The average molecular weight is 243 g/mol. The number of hydrogen-bond donors (Lipinski definition) is 1. The SMILES string of the molecule is CCNCc1cnc(N(C)CC(F)F)c(C)c1. The first-order valence-corrected chi connectivity index (χ1v) is 5.70. The summed E-state index contributed by atoms with van der Waals surface area (Å²) in [6.07, 6.45) is -0.616. The van der Waals surface area contributed by atoms with Gasteiger partial charge >= 0.3 is 0 Å². The maximum Gasteiger partial charge on any atom is 0.255 e. The number of halogens is 2. The van der Waals surface area contributed by atoms with E-state index >= 15 is 0 Å². The molecule has 96 valence electrons. The molecular weight excluding hydrogens is 224 g/mol. The van der Waals surface area contributed by atoms with Crippen LogP contribution in [0.5, 0.6) is 0 Å². The highest BCUT2D eigenvalue weighted by Crippen LogP contribution is 2.17. The summed E-state index contributed by atoms with van der Waals surface area (Å²) in [7, 11) is 1.63. The van der Waals surface area contributed by atoms with E-state index in [1.54, 1.807) is 13.2 Å². The van der Waals surface area contributed by atoms with E-state index in [0.29, 0.717) is 5.82 Å². The predicted octanol–water partition coefficient (Wildman–Crippen LogP) is 2.20. The number of anilines is 1. The third-order valence-electron chi connectivity index (χ3n) is 2.46. The average Bonchev–Trinajstić information content (AvgIpc) is 2.25. The molecule has 0 saturated carbocycles. The summed E-state index contributed by atoms with van der Waals surface area (Å²) in [5, 5.41) is 3.20. The van der Waals surface area contributed by atoms with Crippen molar-refractivity contribution in [3.05, 3.63) is 23.4 Å². The lowest BCUT2D eigenvalue weighted by molar-refractivity contribution is 0.156. The quantitative estimate of drug-likeness (QED) is 0.830. The lowest BCUT2D eigenvalue weighted by Crippen LogP contribution is -2.25. The monoisotopic (exact) mass is 243 g/mol. The highest BCUT2D eigenvalue weighted by molar-refractivity contribution is 5.46.